The fraction of sp³-hybridized carbons (Fsp3) is 0.735. The van der Waals surface area contributed by atoms with E-state index in [1.54, 1.807) is 0 Å². The second kappa shape index (κ2) is 11.7. The van der Waals surface area contributed by atoms with Crippen LogP contribution in [0, 0.1) is 66.6 Å². The highest BCUT2D eigenvalue weighted by atomic mass is 16.6. The molecule has 0 aromatic heterocycles. The maximum absolute atomic E-state index is 13.0. The standard InChI is InChI=1S/C34H48N2O6/c1-21(2)7-6-8-22(3)29-11-12-30-28-10-9-24-19-27(13-15-33(24,4)31(28)14-16-34(29,30)5)42-32(37)23-17-25(35(38)39)20-26(18-23)36(40)41/h9,17-18,20-22,27-31H,6-8,10-16,19H2,1-5H3/t22-,27-,28-,29+,30-,31-,33-,34+/m0/s1. The number of benzene rings is 1. The molecule has 3 saturated carbocycles. The highest BCUT2D eigenvalue weighted by Gasteiger charge is 2.59. The zero-order valence-electron chi connectivity index (χ0n) is 26.0. The predicted octanol–water partition coefficient (Wildman–Crippen LogP) is 9.07. The molecule has 3 fully saturated rings. The van der Waals surface area contributed by atoms with Crippen molar-refractivity contribution in [3.05, 3.63) is 55.6 Å². The monoisotopic (exact) mass is 580 g/mol. The van der Waals surface area contributed by atoms with Crippen molar-refractivity contribution in [2.75, 3.05) is 0 Å². The number of hydrogen-bond donors (Lipinski definition) is 0. The van der Waals surface area contributed by atoms with Gasteiger partial charge >= 0.3 is 5.97 Å². The van der Waals surface area contributed by atoms with Gasteiger partial charge in [-0.05, 0) is 91.3 Å². The summed E-state index contributed by atoms with van der Waals surface area (Å²) in [5.41, 5.74) is 0.806. The van der Waals surface area contributed by atoms with Gasteiger partial charge in [0.05, 0.1) is 21.5 Å². The third-order valence-electron chi connectivity index (χ3n) is 12.1. The van der Waals surface area contributed by atoms with Gasteiger partial charge in [0.25, 0.3) is 11.4 Å². The average Bonchev–Trinajstić information content (AvgIpc) is 3.30. The van der Waals surface area contributed by atoms with Crippen LogP contribution in [0.25, 0.3) is 0 Å². The largest absolute Gasteiger partial charge is 0.458 e. The maximum atomic E-state index is 13.0. The fourth-order valence-electron chi connectivity index (χ4n) is 9.90. The second-order valence-electron chi connectivity index (χ2n) is 14.8. The molecule has 0 saturated heterocycles. The number of nitrogens with zero attached hydrogens (tertiary/aromatic N) is 2. The molecule has 8 heteroatoms. The number of fused-ring (bicyclic) bond motifs is 5. The first-order valence-corrected chi connectivity index (χ1v) is 16.2. The Morgan fingerprint density at radius 3 is 2.29 bits per heavy atom. The van der Waals surface area contributed by atoms with E-state index in [2.05, 4.69) is 40.7 Å². The van der Waals surface area contributed by atoms with E-state index in [1.165, 1.54) is 50.5 Å². The Morgan fingerprint density at radius 1 is 0.952 bits per heavy atom. The Kier molecular flexibility index (Phi) is 8.56. The van der Waals surface area contributed by atoms with Crippen molar-refractivity contribution in [2.45, 2.75) is 111 Å². The molecule has 8 nitrogen and oxygen atoms in total. The zero-order valence-corrected chi connectivity index (χ0v) is 26.0. The lowest BCUT2D eigenvalue weighted by atomic mass is 9.47. The van der Waals surface area contributed by atoms with Gasteiger partial charge in [-0.25, -0.2) is 4.79 Å². The molecule has 230 valence electrons. The lowest BCUT2D eigenvalue weighted by molar-refractivity contribution is -0.394. The third kappa shape index (κ3) is 5.62. The van der Waals surface area contributed by atoms with Crippen molar-refractivity contribution in [3.8, 4) is 0 Å². The van der Waals surface area contributed by atoms with Gasteiger partial charge in [0.2, 0.25) is 0 Å². The highest BCUT2D eigenvalue weighted by molar-refractivity contribution is 5.91. The van der Waals surface area contributed by atoms with Crippen molar-refractivity contribution in [3.63, 3.8) is 0 Å². The molecule has 0 heterocycles. The summed E-state index contributed by atoms with van der Waals surface area (Å²) in [5.74, 6) is 3.81. The Balaban J connectivity index is 1.27. The van der Waals surface area contributed by atoms with Gasteiger partial charge in [-0.3, -0.25) is 20.2 Å². The minimum atomic E-state index is -0.738. The van der Waals surface area contributed by atoms with E-state index >= 15 is 0 Å². The Morgan fingerprint density at radius 2 is 1.64 bits per heavy atom. The number of non-ortho nitro benzene ring substituents is 2. The van der Waals surface area contributed by atoms with E-state index in [0.29, 0.717) is 17.8 Å². The van der Waals surface area contributed by atoms with Crippen LogP contribution in [-0.4, -0.2) is 21.9 Å². The summed E-state index contributed by atoms with van der Waals surface area (Å²) >= 11 is 0. The van der Waals surface area contributed by atoms with Gasteiger partial charge in [0.1, 0.15) is 6.10 Å². The van der Waals surface area contributed by atoms with E-state index in [1.807, 2.05) is 0 Å². The molecule has 0 bridgehead atoms. The fourth-order valence-corrected chi connectivity index (χ4v) is 9.90. The number of ether oxygens (including phenoxy) is 1. The minimum Gasteiger partial charge on any atom is -0.458 e. The predicted molar refractivity (Wildman–Crippen MR) is 162 cm³/mol. The SMILES string of the molecule is CC(C)CCC[C@H](C)[C@H]1CC[C@H]2[C@@H]3CC=C4C[C@@H](OC(=O)c5cc([N+](=O)[O-])cc([N+](=O)[O-])c5)CC[C@]4(C)[C@H]3CC[C@]12C. The molecule has 0 amide bonds. The summed E-state index contributed by atoms with van der Waals surface area (Å²) in [6.07, 6.45) is 14.9. The van der Waals surface area contributed by atoms with E-state index in [-0.39, 0.29) is 17.1 Å². The van der Waals surface area contributed by atoms with Crippen LogP contribution < -0.4 is 0 Å². The van der Waals surface area contributed by atoms with Crippen LogP contribution in [0.15, 0.2) is 29.8 Å². The van der Waals surface area contributed by atoms with Crippen molar-refractivity contribution >= 4 is 17.3 Å². The molecule has 0 N–H and O–H groups in total. The molecule has 42 heavy (non-hydrogen) atoms. The number of rotatable bonds is 9. The third-order valence-corrected chi connectivity index (χ3v) is 12.1. The van der Waals surface area contributed by atoms with Gasteiger partial charge in [-0.1, -0.05) is 65.5 Å². The number of allylic oxidation sites excluding steroid dienone is 1. The van der Waals surface area contributed by atoms with Crippen LogP contribution >= 0.6 is 0 Å². The quantitative estimate of drug-likeness (QED) is 0.125. The Hall–Kier alpha value is -2.77. The maximum Gasteiger partial charge on any atom is 0.338 e. The van der Waals surface area contributed by atoms with Gasteiger partial charge in [0, 0.05) is 18.6 Å². The van der Waals surface area contributed by atoms with Gasteiger partial charge < -0.3 is 4.74 Å². The second-order valence-corrected chi connectivity index (χ2v) is 14.8. The van der Waals surface area contributed by atoms with E-state index < -0.39 is 27.2 Å². The highest BCUT2D eigenvalue weighted by Crippen LogP contribution is 2.67. The molecule has 0 spiro atoms. The van der Waals surface area contributed by atoms with Crippen LogP contribution in [-0.2, 0) is 4.74 Å². The molecule has 1 aromatic carbocycles. The Bertz CT molecular complexity index is 1230. The molecule has 8 atom stereocenters. The number of nitro groups is 2. The van der Waals surface area contributed by atoms with E-state index in [9.17, 15) is 25.0 Å². The lowest BCUT2D eigenvalue weighted by Crippen LogP contribution is -2.51. The van der Waals surface area contributed by atoms with Crippen LogP contribution in [0.4, 0.5) is 11.4 Å². The first-order chi connectivity index (χ1) is 19.8. The van der Waals surface area contributed by atoms with Gasteiger partial charge in [0.15, 0.2) is 0 Å². The normalized spacial score (nSPS) is 34.5. The van der Waals surface area contributed by atoms with Crippen LogP contribution in [0.5, 0.6) is 0 Å². The molecule has 4 aliphatic rings. The number of nitro benzene ring substituents is 2. The number of hydrogen-bond acceptors (Lipinski definition) is 6. The van der Waals surface area contributed by atoms with Gasteiger partial charge in [-0.2, -0.15) is 0 Å². The van der Waals surface area contributed by atoms with Crippen molar-refractivity contribution in [1.29, 1.82) is 0 Å². The molecule has 5 rings (SSSR count). The summed E-state index contributed by atoms with van der Waals surface area (Å²) in [4.78, 5) is 34.1. The summed E-state index contributed by atoms with van der Waals surface area (Å²) in [6, 6.07) is 2.99. The summed E-state index contributed by atoms with van der Waals surface area (Å²) < 4.78 is 5.82. The lowest BCUT2D eigenvalue weighted by Gasteiger charge is -2.58. The zero-order chi connectivity index (χ0) is 30.4. The van der Waals surface area contributed by atoms with Crippen LogP contribution in [0.2, 0.25) is 0 Å². The Labute approximate surface area is 250 Å². The first kappa shape index (κ1) is 30.7. The number of esters is 1. The molecule has 0 aliphatic heterocycles. The summed E-state index contributed by atoms with van der Waals surface area (Å²) in [5, 5.41) is 22.6. The van der Waals surface area contributed by atoms with E-state index in [4.69, 9.17) is 4.74 Å². The van der Waals surface area contributed by atoms with Crippen molar-refractivity contribution in [1.82, 2.24) is 0 Å². The van der Waals surface area contributed by atoms with Crippen molar-refractivity contribution in [2.24, 2.45) is 46.3 Å². The molecule has 0 unspecified atom stereocenters. The minimum absolute atomic E-state index is 0.110. The topological polar surface area (TPSA) is 113 Å². The van der Waals surface area contributed by atoms with Crippen LogP contribution in [0.1, 0.15) is 116 Å². The van der Waals surface area contributed by atoms with Crippen LogP contribution in [0.3, 0.4) is 0 Å². The molecule has 0 radical (unpaired) electrons. The molecular formula is C34H48N2O6. The van der Waals surface area contributed by atoms with Crippen molar-refractivity contribution < 1.29 is 19.4 Å². The van der Waals surface area contributed by atoms with E-state index in [0.717, 1.165) is 67.1 Å². The smallest absolute Gasteiger partial charge is 0.338 e. The summed E-state index contributed by atoms with van der Waals surface area (Å²) in [7, 11) is 0. The number of carbonyl (C=O) groups excluding carboxylic acids is 1. The summed E-state index contributed by atoms with van der Waals surface area (Å²) in [6.45, 7) is 12.2. The van der Waals surface area contributed by atoms with Gasteiger partial charge in [-0.15, -0.1) is 0 Å². The first-order valence-electron chi connectivity index (χ1n) is 16.2. The molecule has 1 aromatic rings. The molecule has 4 aliphatic carbocycles. The number of carbonyl (C=O) groups is 1. The molecular weight excluding hydrogens is 532 g/mol. The average molecular weight is 581 g/mol.